The van der Waals surface area contributed by atoms with Crippen LogP contribution in [0.3, 0.4) is 0 Å². The largest absolute Gasteiger partial charge is 0.392 e. The number of rotatable bonds is 5. The van der Waals surface area contributed by atoms with E-state index in [-0.39, 0.29) is 6.61 Å². The summed E-state index contributed by atoms with van der Waals surface area (Å²) in [5.74, 6) is 1.12. The van der Waals surface area contributed by atoms with E-state index >= 15 is 0 Å². The van der Waals surface area contributed by atoms with Crippen LogP contribution in [0.1, 0.15) is 5.56 Å². The molecule has 1 N–H and O–H groups in total. The predicted molar refractivity (Wildman–Crippen MR) is 77.0 cm³/mol. The van der Waals surface area contributed by atoms with Crippen LogP contribution in [0.5, 0.6) is 0 Å². The minimum atomic E-state index is 0.132. The summed E-state index contributed by atoms with van der Waals surface area (Å²) in [5.41, 5.74) is 1.000. The Bertz CT molecular complexity index is 365. The van der Waals surface area contributed by atoms with Gasteiger partial charge in [-0.3, -0.25) is 4.90 Å². The summed E-state index contributed by atoms with van der Waals surface area (Å²) in [4.78, 5) is 6.17. The molecule has 0 saturated carbocycles. The zero-order valence-corrected chi connectivity index (χ0v) is 11.8. The van der Waals surface area contributed by atoms with Crippen LogP contribution in [0, 0.1) is 0 Å². The van der Waals surface area contributed by atoms with Gasteiger partial charge >= 0.3 is 0 Å². The topological polar surface area (TPSA) is 26.7 Å². The first-order valence-corrected chi connectivity index (χ1v) is 7.50. The average molecular weight is 266 g/mol. The molecule has 1 aliphatic rings. The number of nitrogens with zero attached hydrogens (tertiary/aromatic N) is 2. The molecule has 0 atom stereocenters. The van der Waals surface area contributed by atoms with E-state index in [4.69, 9.17) is 5.11 Å². The standard InChI is InChI=1S/C14H22N2OS/c1-15-5-7-16(8-6-15)9-10-18-14-4-2-3-13(11-14)12-17/h2-4,11,17H,5-10,12H2,1H3. The van der Waals surface area contributed by atoms with Gasteiger partial charge in [-0.2, -0.15) is 0 Å². The molecule has 1 aromatic rings. The highest BCUT2D eigenvalue weighted by Gasteiger charge is 2.12. The number of aliphatic hydroxyl groups is 1. The van der Waals surface area contributed by atoms with Gasteiger partial charge in [-0.05, 0) is 24.7 Å². The van der Waals surface area contributed by atoms with E-state index in [0.717, 1.165) is 17.9 Å². The van der Waals surface area contributed by atoms with Crippen molar-refractivity contribution in [2.45, 2.75) is 11.5 Å². The molecule has 1 aliphatic heterocycles. The molecule has 0 unspecified atom stereocenters. The summed E-state index contributed by atoms with van der Waals surface area (Å²) in [6.07, 6.45) is 0. The first-order valence-electron chi connectivity index (χ1n) is 6.51. The Morgan fingerprint density at radius 1 is 1.22 bits per heavy atom. The van der Waals surface area contributed by atoms with Gasteiger partial charge in [-0.1, -0.05) is 12.1 Å². The maximum Gasteiger partial charge on any atom is 0.0682 e. The minimum absolute atomic E-state index is 0.132. The van der Waals surface area contributed by atoms with Gasteiger partial charge in [0.2, 0.25) is 0 Å². The van der Waals surface area contributed by atoms with Crippen molar-refractivity contribution in [2.24, 2.45) is 0 Å². The molecule has 100 valence electrons. The van der Waals surface area contributed by atoms with Gasteiger partial charge < -0.3 is 10.0 Å². The molecule has 2 rings (SSSR count). The molecule has 18 heavy (non-hydrogen) atoms. The van der Waals surface area contributed by atoms with Crippen molar-refractivity contribution in [3.63, 3.8) is 0 Å². The quantitative estimate of drug-likeness (QED) is 0.818. The molecule has 1 saturated heterocycles. The fourth-order valence-electron chi connectivity index (χ4n) is 2.10. The van der Waals surface area contributed by atoms with Crippen molar-refractivity contribution in [1.82, 2.24) is 9.80 Å². The summed E-state index contributed by atoms with van der Waals surface area (Å²) < 4.78 is 0. The van der Waals surface area contributed by atoms with E-state index < -0.39 is 0 Å². The molecule has 4 heteroatoms. The summed E-state index contributed by atoms with van der Waals surface area (Å²) in [6, 6.07) is 8.18. The first-order chi connectivity index (χ1) is 8.78. The minimum Gasteiger partial charge on any atom is -0.392 e. The highest BCUT2D eigenvalue weighted by molar-refractivity contribution is 7.99. The van der Waals surface area contributed by atoms with Gasteiger partial charge in [0.05, 0.1) is 6.61 Å². The van der Waals surface area contributed by atoms with Crippen LogP contribution in [-0.4, -0.2) is 60.4 Å². The molecule has 0 amide bonds. The lowest BCUT2D eigenvalue weighted by Gasteiger charge is -2.32. The Hall–Kier alpha value is -0.550. The second-order valence-corrected chi connectivity index (χ2v) is 5.97. The molecular weight excluding hydrogens is 244 g/mol. The number of benzene rings is 1. The highest BCUT2D eigenvalue weighted by Crippen LogP contribution is 2.19. The van der Waals surface area contributed by atoms with Gasteiger partial charge in [0.25, 0.3) is 0 Å². The number of aliphatic hydroxyl groups excluding tert-OH is 1. The fourth-order valence-corrected chi connectivity index (χ4v) is 3.09. The lowest BCUT2D eigenvalue weighted by molar-refractivity contribution is 0.161. The lowest BCUT2D eigenvalue weighted by atomic mass is 10.2. The third-order valence-corrected chi connectivity index (χ3v) is 4.33. The van der Waals surface area contributed by atoms with E-state index in [1.54, 1.807) is 0 Å². The molecule has 1 fully saturated rings. The van der Waals surface area contributed by atoms with Crippen molar-refractivity contribution in [2.75, 3.05) is 45.5 Å². The molecule has 0 aromatic heterocycles. The van der Waals surface area contributed by atoms with Crippen LogP contribution in [0.4, 0.5) is 0 Å². The number of piperazine rings is 1. The first kappa shape index (κ1) is 13.9. The second kappa shape index (κ2) is 7.14. The Balaban J connectivity index is 1.71. The van der Waals surface area contributed by atoms with Crippen LogP contribution in [0.25, 0.3) is 0 Å². The zero-order valence-electron chi connectivity index (χ0n) is 11.0. The van der Waals surface area contributed by atoms with Crippen LogP contribution in [0.15, 0.2) is 29.2 Å². The maximum atomic E-state index is 9.09. The number of hydrogen-bond acceptors (Lipinski definition) is 4. The van der Waals surface area contributed by atoms with E-state index in [0.29, 0.717) is 0 Å². The van der Waals surface area contributed by atoms with E-state index in [1.807, 2.05) is 23.9 Å². The Kier molecular flexibility index (Phi) is 5.50. The summed E-state index contributed by atoms with van der Waals surface area (Å²) in [6.45, 7) is 6.03. The van der Waals surface area contributed by atoms with Gasteiger partial charge in [-0.25, -0.2) is 0 Å². The van der Waals surface area contributed by atoms with Crippen molar-refractivity contribution in [3.8, 4) is 0 Å². The predicted octanol–water partition coefficient (Wildman–Crippen LogP) is 1.52. The van der Waals surface area contributed by atoms with E-state index in [1.165, 1.54) is 31.1 Å². The number of likely N-dealkylation sites (N-methyl/N-ethyl adjacent to an activating group) is 1. The molecule has 0 spiro atoms. The Morgan fingerprint density at radius 2 is 2.00 bits per heavy atom. The molecule has 3 nitrogen and oxygen atoms in total. The number of hydrogen-bond donors (Lipinski definition) is 1. The molecule has 1 aromatic carbocycles. The summed E-state index contributed by atoms with van der Waals surface area (Å²) in [7, 11) is 2.19. The fraction of sp³-hybridized carbons (Fsp3) is 0.571. The van der Waals surface area contributed by atoms with Crippen molar-refractivity contribution in [1.29, 1.82) is 0 Å². The molecule has 0 radical (unpaired) electrons. The molecule has 0 aliphatic carbocycles. The third-order valence-electron chi connectivity index (χ3n) is 3.35. The van der Waals surface area contributed by atoms with Crippen LogP contribution < -0.4 is 0 Å². The smallest absolute Gasteiger partial charge is 0.0682 e. The van der Waals surface area contributed by atoms with E-state index in [2.05, 4.69) is 29.0 Å². The van der Waals surface area contributed by atoms with Crippen LogP contribution in [0.2, 0.25) is 0 Å². The van der Waals surface area contributed by atoms with Crippen molar-refractivity contribution in [3.05, 3.63) is 29.8 Å². The van der Waals surface area contributed by atoms with Gasteiger partial charge in [-0.15, -0.1) is 11.8 Å². The zero-order chi connectivity index (χ0) is 12.8. The second-order valence-electron chi connectivity index (χ2n) is 4.80. The van der Waals surface area contributed by atoms with Crippen molar-refractivity contribution >= 4 is 11.8 Å². The average Bonchev–Trinajstić information content (AvgIpc) is 2.41. The van der Waals surface area contributed by atoms with Crippen LogP contribution in [-0.2, 0) is 6.61 Å². The maximum absolute atomic E-state index is 9.09. The van der Waals surface area contributed by atoms with Gasteiger partial charge in [0, 0.05) is 43.4 Å². The highest BCUT2D eigenvalue weighted by atomic mass is 32.2. The molecular formula is C14H22N2OS. The number of thioether (sulfide) groups is 1. The molecule has 1 heterocycles. The monoisotopic (exact) mass is 266 g/mol. The van der Waals surface area contributed by atoms with Gasteiger partial charge in [0.1, 0.15) is 0 Å². The van der Waals surface area contributed by atoms with Crippen LogP contribution >= 0.6 is 11.8 Å². The van der Waals surface area contributed by atoms with Gasteiger partial charge in [0.15, 0.2) is 0 Å². The molecule has 0 bridgehead atoms. The van der Waals surface area contributed by atoms with E-state index in [9.17, 15) is 0 Å². The SMILES string of the molecule is CN1CCN(CCSc2cccc(CO)c2)CC1. The summed E-state index contributed by atoms with van der Waals surface area (Å²) >= 11 is 1.88. The summed E-state index contributed by atoms with van der Waals surface area (Å²) in [5, 5.41) is 9.09. The normalized spacial score (nSPS) is 18.1. The Morgan fingerprint density at radius 3 is 2.72 bits per heavy atom. The van der Waals surface area contributed by atoms with Crippen molar-refractivity contribution < 1.29 is 5.11 Å². The third kappa shape index (κ3) is 4.28. The Labute approximate surface area is 114 Å². The lowest BCUT2D eigenvalue weighted by Crippen LogP contribution is -2.45.